The van der Waals surface area contributed by atoms with Crippen LogP contribution in [0.1, 0.15) is 17.3 Å². The first-order chi connectivity index (χ1) is 9.17. The van der Waals surface area contributed by atoms with Crippen LogP contribution in [0.25, 0.3) is 0 Å². The molecular formula is C13H14FN3O2. The molecule has 2 rings (SSSR count). The molecule has 0 spiro atoms. The molecule has 0 saturated carbocycles. The lowest BCUT2D eigenvalue weighted by Gasteiger charge is -2.14. The topological polar surface area (TPSA) is 70.3 Å². The fourth-order valence-electron chi connectivity index (χ4n) is 1.72. The number of rotatable bonds is 4. The van der Waals surface area contributed by atoms with Gasteiger partial charge in [-0.25, -0.2) is 14.4 Å². The highest BCUT2D eigenvalue weighted by Gasteiger charge is 2.18. The molecule has 1 unspecified atom stereocenters. The number of nitrogens with two attached hydrogens (primary N) is 1. The lowest BCUT2D eigenvalue weighted by atomic mass is 10.0. The van der Waals surface area contributed by atoms with Gasteiger partial charge in [0.25, 0.3) is 0 Å². The van der Waals surface area contributed by atoms with Crippen LogP contribution in [0.15, 0.2) is 30.6 Å². The van der Waals surface area contributed by atoms with Crippen LogP contribution in [-0.4, -0.2) is 24.2 Å². The van der Waals surface area contributed by atoms with Gasteiger partial charge in [0.1, 0.15) is 6.33 Å². The van der Waals surface area contributed by atoms with Crippen molar-refractivity contribution in [2.24, 2.45) is 5.73 Å². The Morgan fingerprint density at radius 3 is 2.68 bits per heavy atom. The summed E-state index contributed by atoms with van der Waals surface area (Å²) in [5.74, 6) is 0.0350. The van der Waals surface area contributed by atoms with E-state index in [0.717, 1.165) is 0 Å². The second-order valence-electron chi connectivity index (χ2n) is 3.83. The second kappa shape index (κ2) is 5.62. The van der Waals surface area contributed by atoms with Crippen molar-refractivity contribution in [3.8, 4) is 11.6 Å². The van der Waals surface area contributed by atoms with Crippen molar-refractivity contribution in [3.63, 3.8) is 0 Å². The Hall–Kier alpha value is -2.21. The van der Waals surface area contributed by atoms with Gasteiger partial charge in [0.05, 0.1) is 26.0 Å². The van der Waals surface area contributed by atoms with Gasteiger partial charge in [-0.2, -0.15) is 0 Å². The number of hydrogen-bond donors (Lipinski definition) is 1. The minimum atomic E-state index is -0.716. The number of benzene rings is 1. The largest absolute Gasteiger partial charge is 0.494 e. The van der Waals surface area contributed by atoms with E-state index in [1.165, 1.54) is 26.6 Å². The van der Waals surface area contributed by atoms with Gasteiger partial charge < -0.3 is 15.2 Å². The van der Waals surface area contributed by atoms with Crippen LogP contribution in [0.3, 0.4) is 0 Å². The number of hydrogen-bond acceptors (Lipinski definition) is 5. The summed E-state index contributed by atoms with van der Waals surface area (Å²) in [6.07, 6.45) is 1.33. The highest BCUT2D eigenvalue weighted by Crippen LogP contribution is 2.27. The van der Waals surface area contributed by atoms with E-state index in [-0.39, 0.29) is 5.75 Å². The molecule has 2 aromatic rings. The minimum Gasteiger partial charge on any atom is -0.494 e. The summed E-state index contributed by atoms with van der Waals surface area (Å²) in [4.78, 5) is 7.92. The van der Waals surface area contributed by atoms with Crippen LogP contribution in [0, 0.1) is 5.82 Å². The molecule has 1 aromatic heterocycles. The van der Waals surface area contributed by atoms with E-state index in [4.69, 9.17) is 15.2 Å². The summed E-state index contributed by atoms with van der Waals surface area (Å²) in [6.45, 7) is 0. The van der Waals surface area contributed by atoms with Gasteiger partial charge in [-0.3, -0.25) is 0 Å². The Morgan fingerprint density at radius 2 is 2.00 bits per heavy atom. The Labute approximate surface area is 110 Å². The zero-order valence-electron chi connectivity index (χ0n) is 10.6. The molecule has 5 nitrogen and oxygen atoms in total. The van der Waals surface area contributed by atoms with Crippen LogP contribution >= 0.6 is 0 Å². The lowest BCUT2D eigenvalue weighted by molar-refractivity contribution is 0.383. The summed E-state index contributed by atoms with van der Waals surface area (Å²) < 4.78 is 24.0. The maximum atomic E-state index is 14.1. The van der Waals surface area contributed by atoms with Crippen molar-refractivity contribution in [1.82, 2.24) is 9.97 Å². The van der Waals surface area contributed by atoms with Gasteiger partial charge in [-0.05, 0) is 6.07 Å². The third kappa shape index (κ3) is 2.63. The van der Waals surface area contributed by atoms with Gasteiger partial charge in [0, 0.05) is 11.6 Å². The van der Waals surface area contributed by atoms with Crippen LogP contribution < -0.4 is 15.2 Å². The smallest absolute Gasteiger partial charge is 0.216 e. The third-order valence-corrected chi connectivity index (χ3v) is 2.74. The zero-order chi connectivity index (χ0) is 13.8. The first-order valence-corrected chi connectivity index (χ1v) is 5.61. The lowest BCUT2D eigenvalue weighted by Crippen LogP contribution is -2.16. The molecule has 1 aromatic carbocycles. The van der Waals surface area contributed by atoms with Crippen LogP contribution in [0.4, 0.5) is 4.39 Å². The normalized spacial score (nSPS) is 12.0. The Kier molecular flexibility index (Phi) is 3.91. The molecule has 0 aliphatic rings. The number of aromatic nitrogens is 2. The molecule has 0 radical (unpaired) electrons. The molecule has 19 heavy (non-hydrogen) atoms. The third-order valence-electron chi connectivity index (χ3n) is 2.74. The van der Waals surface area contributed by atoms with E-state index in [2.05, 4.69) is 9.97 Å². The molecule has 0 fully saturated rings. The van der Waals surface area contributed by atoms with E-state index < -0.39 is 11.9 Å². The molecular weight excluding hydrogens is 249 g/mol. The van der Waals surface area contributed by atoms with Crippen molar-refractivity contribution < 1.29 is 13.9 Å². The van der Waals surface area contributed by atoms with Crippen LogP contribution in [0.5, 0.6) is 11.6 Å². The Balaban J connectivity index is 2.40. The maximum Gasteiger partial charge on any atom is 0.216 e. The van der Waals surface area contributed by atoms with Crippen molar-refractivity contribution in [2.75, 3.05) is 14.2 Å². The second-order valence-corrected chi connectivity index (χ2v) is 3.83. The highest BCUT2D eigenvalue weighted by molar-refractivity contribution is 5.36. The van der Waals surface area contributed by atoms with E-state index in [9.17, 15) is 4.39 Å². The molecule has 0 bridgehead atoms. The highest BCUT2D eigenvalue weighted by atomic mass is 19.1. The van der Waals surface area contributed by atoms with Gasteiger partial charge >= 0.3 is 0 Å². The molecule has 0 amide bonds. The SMILES string of the molecule is COc1cc(C(N)c2cccc(OC)c2F)ncn1. The summed E-state index contributed by atoms with van der Waals surface area (Å²) in [7, 11) is 2.89. The maximum absolute atomic E-state index is 14.1. The van der Waals surface area contributed by atoms with E-state index in [1.807, 2.05) is 0 Å². The molecule has 1 atom stereocenters. The number of halogens is 1. The van der Waals surface area contributed by atoms with Crippen molar-refractivity contribution in [2.45, 2.75) is 6.04 Å². The number of nitrogens with zero attached hydrogens (tertiary/aromatic N) is 2. The predicted octanol–water partition coefficient (Wildman–Crippen LogP) is 1.68. The minimum absolute atomic E-state index is 0.147. The summed E-state index contributed by atoms with van der Waals surface area (Å²) in [6, 6.07) is 5.66. The monoisotopic (exact) mass is 263 g/mol. The fraction of sp³-hybridized carbons (Fsp3) is 0.231. The van der Waals surface area contributed by atoms with E-state index >= 15 is 0 Å². The molecule has 1 heterocycles. The van der Waals surface area contributed by atoms with Crippen molar-refractivity contribution >= 4 is 0 Å². The van der Waals surface area contributed by atoms with Crippen LogP contribution in [0.2, 0.25) is 0 Å². The zero-order valence-corrected chi connectivity index (χ0v) is 10.6. The predicted molar refractivity (Wildman–Crippen MR) is 67.6 cm³/mol. The van der Waals surface area contributed by atoms with Gasteiger partial charge in [0.15, 0.2) is 11.6 Å². The average Bonchev–Trinajstić information content (AvgIpc) is 2.47. The molecule has 0 saturated heterocycles. The Morgan fingerprint density at radius 1 is 1.21 bits per heavy atom. The first kappa shape index (κ1) is 13.2. The van der Waals surface area contributed by atoms with Crippen molar-refractivity contribution in [3.05, 3.63) is 47.7 Å². The van der Waals surface area contributed by atoms with Crippen molar-refractivity contribution in [1.29, 1.82) is 0 Å². The molecule has 2 N–H and O–H groups in total. The Bertz CT molecular complexity index is 578. The van der Waals surface area contributed by atoms with Gasteiger partial charge in [-0.15, -0.1) is 0 Å². The molecule has 0 aliphatic heterocycles. The van der Waals surface area contributed by atoms with Crippen LogP contribution in [-0.2, 0) is 0 Å². The molecule has 6 heteroatoms. The standard InChI is InChI=1S/C13H14FN3O2/c1-18-10-5-3-4-8(12(10)14)13(15)9-6-11(19-2)17-7-16-9/h3-7,13H,15H2,1-2H3. The summed E-state index contributed by atoms with van der Waals surface area (Å²) in [5.41, 5.74) is 6.80. The van der Waals surface area contributed by atoms with Gasteiger partial charge in [-0.1, -0.05) is 12.1 Å². The average molecular weight is 263 g/mol. The molecule has 0 aliphatic carbocycles. The van der Waals surface area contributed by atoms with Gasteiger partial charge in [0.2, 0.25) is 5.88 Å². The molecule has 100 valence electrons. The first-order valence-electron chi connectivity index (χ1n) is 5.61. The summed E-state index contributed by atoms with van der Waals surface area (Å²) in [5, 5.41) is 0. The van der Waals surface area contributed by atoms with E-state index in [1.54, 1.807) is 18.2 Å². The summed E-state index contributed by atoms with van der Waals surface area (Å²) >= 11 is 0. The number of methoxy groups -OCH3 is 2. The fourth-order valence-corrected chi connectivity index (χ4v) is 1.72. The van der Waals surface area contributed by atoms with E-state index in [0.29, 0.717) is 17.1 Å². The number of ether oxygens (including phenoxy) is 2. The quantitative estimate of drug-likeness (QED) is 0.908.